The third-order valence-electron chi connectivity index (χ3n) is 7.75. The van der Waals surface area contributed by atoms with Gasteiger partial charge in [-0.2, -0.15) is 0 Å². The van der Waals surface area contributed by atoms with Crippen molar-refractivity contribution < 1.29 is 48.9 Å². The number of hydrogen-bond donors (Lipinski definition) is 10. The number of nitrogens with zero attached hydrogens (tertiary/aromatic N) is 1. The van der Waals surface area contributed by atoms with E-state index in [1.54, 1.807) is 13.8 Å². The first kappa shape index (κ1) is 39.8. The summed E-state index contributed by atoms with van der Waals surface area (Å²) in [6, 6.07) is -0.740. The van der Waals surface area contributed by atoms with Gasteiger partial charge in [0, 0.05) is 26.4 Å². The highest BCUT2D eigenvalue weighted by Gasteiger charge is 2.39. The molecule has 11 N–H and O–H groups in total. The van der Waals surface area contributed by atoms with Gasteiger partial charge in [-0.25, -0.2) is 4.79 Å². The number of carboxylic acid groups (broad SMARTS) is 2. The second-order valence-corrected chi connectivity index (χ2v) is 12.1. The average molecular weight is 691 g/mol. The lowest BCUT2D eigenvalue weighted by atomic mass is 10.0. The summed E-state index contributed by atoms with van der Waals surface area (Å²) in [5.74, 6) is -7.36. The molecule has 0 aliphatic carbocycles. The lowest BCUT2D eigenvalue weighted by Gasteiger charge is -2.30. The van der Waals surface area contributed by atoms with Gasteiger partial charge in [0.25, 0.3) is 0 Å². The van der Waals surface area contributed by atoms with Gasteiger partial charge in [-0.15, -0.1) is 0 Å². The second-order valence-electron chi connectivity index (χ2n) is 12.1. The van der Waals surface area contributed by atoms with E-state index in [4.69, 9.17) is 11.1 Å². The van der Waals surface area contributed by atoms with Gasteiger partial charge in [0.05, 0.1) is 6.42 Å². The van der Waals surface area contributed by atoms with Crippen LogP contribution in [0.2, 0.25) is 0 Å². The number of aliphatic carboxylic acids is 2. The number of hydrogen-bond acceptors (Lipinski definition) is 9. The standard InChI is InChI=1S/C31H46N8O10/c1-16(2)25(28(46)37-22(30(48)49)14-18-8-10-19(41)11-9-18)38-26(44)21(15-24(42)43)36-27(45)23-7-5-13-39(23)29(47)20(35-17(3)40)6-4-12-34-31(32)33/h8-11,16,20-23,25,41H,4-7,12-15H2,1-3H3,(H,35,40)(H,36,45)(H,37,46)(H,38,44)(H,42,43)(H,48,49)(H4,32,33,34)/t20-,21+,22+,23+,25+/m1/s1. The molecule has 49 heavy (non-hydrogen) atoms. The van der Waals surface area contributed by atoms with Crippen LogP contribution in [-0.4, -0.2) is 111 Å². The van der Waals surface area contributed by atoms with Crippen LogP contribution in [-0.2, 0) is 40.0 Å². The molecule has 0 saturated carbocycles. The summed E-state index contributed by atoms with van der Waals surface area (Å²) in [4.78, 5) is 90.2. The summed E-state index contributed by atoms with van der Waals surface area (Å²) >= 11 is 0. The van der Waals surface area contributed by atoms with Crippen LogP contribution in [0.3, 0.4) is 0 Å². The largest absolute Gasteiger partial charge is 0.508 e. The third kappa shape index (κ3) is 13.0. The molecular formula is C31H46N8O10. The highest BCUT2D eigenvalue weighted by molar-refractivity contribution is 5.97. The molecule has 5 atom stereocenters. The van der Waals surface area contributed by atoms with E-state index in [9.17, 15) is 48.9 Å². The van der Waals surface area contributed by atoms with Crippen molar-refractivity contribution in [2.75, 3.05) is 13.1 Å². The molecule has 5 amide bonds. The number of nitrogens with one attached hydrogen (secondary N) is 6. The van der Waals surface area contributed by atoms with E-state index in [1.807, 2.05) is 0 Å². The quantitative estimate of drug-likeness (QED) is 0.0472. The fraction of sp³-hybridized carbons (Fsp3) is 0.548. The number of aromatic hydroxyl groups is 1. The molecule has 0 aromatic heterocycles. The van der Waals surface area contributed by atoms with E-state index in [0.717, 1.165) is 0 Å². The molecule has 2 rings (SSSR count). The maximum atomic E-state index is 13.5. The highest BCUT2D eigenvalue weighted by atomic mass is 16.4. The van der Waals surface area contributed by atoms with E-state index in [-0.39, 0.29) is 44.1 Å². The predicted octanol–water partition coefficient (Wildman–Crippen LogP) is -1.64. The van der Waals surface area contributed by atoms with Crippen molar-refractivity contribution >= 4 is 47.4 Å². The van der Waals surface area contributed by atoms with Crippen molar-refractivity contribution in [1.29, 1.82) is 5.41 Å². The Balaban J connectivity index is 2.17. The number of amides is 5. The van der Waals surface area contributed by atoms with Gasteiger partial charge in [-0.1, -0.05) is 26.0 Å². The Morgan fingerprint density at radius 1 is 0.939 bits per heavy atom. The zero-order valence-corrected chi connectivity index (χ0v) is 27.7. The summed E-state index contributed by atoms with van der Waals surface area (Å²) in [6.07, 6.45) is 0.156. The van der Waals surface area contributed by atoms with Crippen molar-refractivity contribution in [3.63, 3.8) is 0 Å². The molecule has 1 saturated heterocycles. The van der Waals surface area contributed by atoms with Gasteiger partial charge in [0.15, 0.2) is 5.96 Å². The molecule has 1 aliphatic heterocycles. The first-order valence-electron chi connectivity index (χ1n) is 15.8. The van der Waals surface area contributed by atoms with Crippen LogP contribution in [0.4, 0.5) is 0 Å². The lowest BCUT2D eigenvalue weighted by molar-refractivity contribution is -0.144. The molecule has 0 unspecified atom stereocenters. The van der Waals surface area contributed by atoms with Gasteiger partial charge < -0.3 is 52.5 Å². The zero-order valence-electron chi connectivity index (χ0n) is 27.7. The Hall–Kier alpha value is -5.42. The predicted molar refractivity (Wildman–Crippen MR) is 174 cm³/mol. The van der Waals surface area contributed by atoms with Crippen molar-refractivity contribution in [3.8, 4) is 5.75 Å². The van der Waals surface area contributed by atoms with Crippen LogP contribution >= 0.6 is 0 Å². The number of nitrogens with two attached hydrogens (primary N) is 1. The van der Waals surface area contributed by atoms with Crippen LogP contribution in [0.25, 0.3) is 0 Å². The molecule has 1 aromatic rings. The van der Waals surface area contributed by atoms with Crippen molar-refractivity contribution in [1.82, 2.24) is 31.5 Å². The normalized spacial score (nSPS) is 16.4. The molecule has 1 heterocycles. The van der Waals surface area contributed by atoms with E-state index in [0.29, 0.717) is 18.4 Å². The van der Waals surface area contributed by atoms with Crippen LogP contribution in [0, 0.1) is 11.3 Å². The average Bonchev–Trinajstić information content (AvgIpc) is 3.50. The molecule has 0 bridgehead atoms. The van der Waals surface area contributed by atoms with E-state index >= 15 is 0 Å². The number of phenols is 1. The van der Waals surface area contributed by atoms with Gasteiger partial charge in [-0.3, -0.25) is 34.2 Å². The number of likely N-dealkylation sites (tertiary alicyclic amines) is 1. The first-order chi connectivity index (χ1) is 23.0. The van der Waals surface area contributed by atoms with Gasteiger partial charge in [-0.05, 0) is 49.3 Å². The number of guanidine groups is 1. The van der Waals surface area contributed by atoms with Crippen LogP contribution < -0.4 is 32.3 Å². The molecule has 18 nitrogen and oxygen atoms in total. The van der Waals surface area contributed by atoms with E-state index < -0.39 is 84.0 Å². The summed E-state index contributed by atoms with van der Waals surface area (Å²) in [7, 11) is 0. The lowest BCUT2D eigenvalue weighted by Crippen LogP contribution is -2.59. The zero-order chi connectivity index (χ0) is 36.8. The third-order valence-corrected chi connectivity index (χ3v) is 7.75. The van der Waals surface area contributed by atoms with Gasteiger partial charge in [0.2, 0.25) is 29.5 Å². The van der Waals surface area contributed by atoms with Crippen LogP contribution in [0.1, 0.15) is 58.4 Å². The van der Waals surface area contributed by atoms with Crippen molar-refractivity contribution in [2.24, 2.45) is 11.7 Å². The minimum Gasteiger partial charge on any atom is -0.508 e. The minimum atomic E-state index is -1.66. The maximum absolute atomic E-state index is 13.5. The first-order valence-corrected chi connectivity index (χ1v) is 15.8. The maximum Gasteiger partial charge on any atom is 0.326 e. The number of rotatable bonds is 18. The number of phenolic OH excluding ortho intramolecular Hbond substituents is 1. The Morgan fingerprint density at radius 2 is 1.59 bits per heavy atom. The minimum absolute atomic E-state index is 0.0260. The summed E-state index contributed by atoms with van der Waals surface area (Å²) in [5, 5.41) is 48.3. The smallest absolute Gasteiger partial charge is 0.326 e. The SMILES string of the molecule is CC(=O)N[C@H](CCCNC(=N)N)C(=O)N1CCC[C@H]1C(=O)N[C@@H](CC(=O)O)C(=O)N[C@H](C(=O)N[C@@H](Cc1ccc(O)cc1)C(=O)O)C(C)C. The van der Waals surface area contributed by atoms with Gasteiger partial charge in [0.1, 0.15) is 36.0 Å². The Labute approximate surface area is 283 Å². The molecule has 1 fully saturated rings. The van der Waals surface area contributed by atoms with Crippen LogP contribution in [0.5, 0.6) is 5.75 Å². The van der Waals surface area contributed by atoms with Gasteiger partial charge >= 0.3 is 11.9 Å². The fourth-order valence-electron chi connectivity index (χ4n) is 5.31. The van der Waals surface area contributed by atoms with Crippen molar-refractivity contribution in [3.05, 3.63) is 29.8 Å². The molecule has 1 aromatic carbocycles. The number of carbonyl (C=O) groups excluding carboxylic acids is 5. The van der Waals surface area contributed by atoms with Crippen LogP contribution in [0.15, 0.2) is 24.3 Å². The summed E-state index contributed by atoms with van der Waals surface area (Å²) < 4.78 is 0. The van der Waals surface area contributed by atoms with Crippen molar-refractivity contribution in [2.45, 2.75) is 89.5 Å². The number of carbonyl (C=O) groups is 7. The molecular weight excluding hydrogens is 644 g/mol. The number of carboxylic acids is 2. The molecule has 0 spiro atoms. The fourth-order valence-corrected chi connectivity index (χ4v) is 5.31. The second kappa shape index (κ2) is 18.8. The molecule has 0 radical (unpaired) electrons. The molecule has 1 aliphatic rings. The topological polar surface area (TPSA) is 293 Å². The summed E-state index contributed by atoms with van der Waals surface area (Å²) in [6.45, 7) is 4.82. The van der Waals surface area contributed by atoms with E-state index in [2.05, 4.69) is 26.6 Å². The van der Waals surface area contributed by atoms with E-state index in [1.165, 1.54) is 36.1 Å². The Morgan fingerprint density at radius 3 is 2.14 bits per heavy atom. The Kier molecular flexibility index (Phi) is 15.3. The molecule has 270 valence electrons. The molecule has 18 heteroatoms. The summed E-state index contributed by atoms with van der Waals surface area (Å²) in [5.41, 5.74) is 5.78. The Bertz CT molecular complexity index is 1390. The number of benzene rings is 1. The highest BCUT2D eigenvalue weighted by Crippen LogP contribution is 2.20. The monoisotopic (exact) mass is 690 g/mol.